The lowest BCUT2D eigenvalue weighted by molar-refractivity contribution is 0.145. The molecule has 1 aromatic carbocycles. The summed E-state index contributed by atoms with van der Waals surface area (Å²) in [4.78, 5) is 0. The first kappa shape index (κ1) is 12.4. The molecule has 2 unspecified atom stereocenters. The quantitative estimate of drug-likeness (QED) is 0.866. The molecule has 0 saturated heterocycles. The molecule has 1 heterocycles. The number of hydrogen-bond acceptors (Lipinski definition) is 2. The van der Waals surface area contributed by atoms with Gasteiger partial charge in [0.15, 0.2) is 0 Å². The summed E-state index contributed by atoms with van der Waals surface area (Å²) in [5.41, 5.74) is 1.09. The van der Waals surface area contributed by atoms with E-state index in [-0.39, 0.29) is 11.9 Å². The molecule has 0 aliphatic carbocycles. The molecule has 1 N–H and O–H groups in total. The van der Waals surface area contributed by atoms with Crippen LogP contribution in [0.2, 0.25) is 0 Å². The summed E-state index contributed by atoms with van der Waals surface area (Å²) in [7, 11) is 0. The van der Waals surface area contributed by atoms with Crippen LogP contribution in [0.3, 0.4) is 0 Å². The molecule has 0 radical (unpaired) electrons. The summed E-state index contributed by atoms with van der Waals surface area (Å²) in [5, 5.41) is 3.51. The van der Waals surface area contributed by atoms with Gasteiger partial charge in [0.1, 0.15) is 17.7 Å². The standard InChI is InChI=1S/C14H20FNO/c1-3-7-16-13-9-11(4-2)17-14-8-10(15)5-6-12(13)14/h5-6,8,11,13,16H,3-4,7,9H2,1-2H3. The van der Waals surface area contributed by atoms with Crippen LogP contribution in [0, 0.1) is 5.82 Å². The van der Waals surface area contributed by atoms with E-state index in [9.17, 15) is 4.39 Å². The number of nitrogens with one attached hydrogen (secondary N) is 1. The van der Waals surface area contributed by atoms with Crippen LogP contribution in [0.5, 0.6) is 5.75 Å². The van der Waals surface area contributed by atoms with Crippen LogP contribution in [0.4, 0.5) is 4.39 Å². The molecule has 94 valence electrons. The van der Waals surface area contributed by atoms with Crippen molar-refractivity contribution in [2.45, 2.75) is 45.3 Å². The van der Waals surface area contributed by atoms with Gasteiger partial charge in [-0.1, -0.05) is 19.9 Å². The average molecular weight is 237 g/mol. The monoisotopic (exact) mass is 237 g/mol. The largest absolute Gasteiger partial charge is 0.490 e. The van der Waals surface area contributed by atoms with E-state index in [1.807, 2.05) is 6.07 Å². The lowest BCUT2D eigenvalue weighted by atomic mass is 9.95. The first-order valence-electron chi connectivity index (χ1n) is 6.44. The van der Waals surface area contributed by atoms with E-state index in [2.05, 4.69) is 19.2 Å². The van der Waals surface area contributed by atoms with Gasteiger partial charge >= 0.3 is 0 Å². The summed E-state index contributed by atoms with van der Waals surface area (Å²) in [6, 6.07) is 5.14. The van der Waals surface area contributed by atoms with Gasteiger partial charge in [-0.05, 0) is 25.5 Å². The maximum atomic E-state index is 13.2. The highest BCUT2D eigenvalue weighted by Gasteiger charge is 2.27. The van der Waals surface area contributed by atoms with Gasteiger partial charge in [-0.25, -0.2) is 4.39 Å². The third-order valence-corrected chi connectivity index (χ3v) is 3.24. The van der Waals surface area contributed by atoms with Gasteiger partial charge in [-0.15, -0.1) is 0 Å². The van der Waals surface area contributed by atoms with Gasteiger partial charge in [0.25, 0.3) is 0 Å². The second kappa shape index (κ2) is 5.50. The van der Waals surface area contributed by atoms with Crippen molar-refractivity contribution in [3.63, 3.8) is 0 Å². The second-order valence-corrected chi connectivity index (χ2v) is 4.57. The molecule has 0 fully saturated rings. The Morgan fingerprint density at radius 2 is 2.24 bits per heavy atom. The summed E-state index contributed by atoms with van der Waals surface area (Å²) in [6.45, 7) is 5.24. The van der Waals surface area contributed by atoms with Gasteiger partial charge in [0.2, 0.25) is 0 Å². The maximum Gasteiger partial charge on any atom is 0.127 e. The molecule has 0 saturated carbocycles. The molecule has 1 aromatic rings. The minimum atomic E-state index is -0.227. The Morgan fingerprint density at radius 1 is 1.41 bits per heavy atom. The third-order valence-electron chi connectivity index (χ3n) is 3.24. The Labute approximate surface area is 102 Å². The zero-order chi connectivity index (χ0) is 12.3. The molecule has 3 heteroatoms. The summed E-state index contributed by atoms with van der Waals surface area (Å²) in [5.74, 6) is 0.478. The van der Waals surface area contributed by atoms with Gasteiger partial charge in [0.05, 0.1) is 0 Å². The van der Waals surface area contributed by atoms with E-state index >= 15 is 0 Å². The minimum absolute atomic E-state index is 0.193. The van der Waals surface area contributed by atoms with Crippen molar-refractivity contribution in [3.8, 4) is 5.75 Å². The molecular formula is C14H20FNO. The van der Waals surface area contributed by atoms with E-state index in [0.29, 0.717) is 11.8 Å². The Balaban J connectivity index is 2.23. The van der Waals surface area contributed by atoms with Crippen molar-refractivity contribution in [3.05, 3.63) is 29.6 Å². The van der Waals surface area contributed by atoms with Crippen molar-refractivity contribution in [2.24, 2.45) is 0 Å². The van der Waals surface area contributed by atoms with Crippen molar-refractivity contribution < 1.29 is 9.13 Å². The molecule has 0 aromatic heterocycles. The fourth-order valence-electron chi connectivity index (χ4n) is 2.28. The summed E-state index contributed by atoms with van der Waals surface area (Å²) >= 11 is 0. The van der Waals surface area contributed by atoms with Crippen molar-refractivity contribution in [1.29, 1.82) is 0 Å². The zero-order valence-corrected chi connectivity index (χ0v) is 10.5. The van der Waals surface area contributed by atoms with Crippen LogP contribution in [-0.4, -0.2) is 12.6 Å². The molecule has 2 atom stereocenters. The number of ether oxygens (including phenoxy) is 1. The van der Waals surface area contributed by atoms with Gasteiger partial charge in [0, 0.05) is 24.1 Å². The highest BCUT2D eigenvalue weighted by Crippen LogP contribution is 2.36. The molecule has 0 spiro atoms. The molecule has 2 nitrogen and oxygen atoms in total. The molecular weight excluding hydrogens is 217 g/mol. The maximum absolute atomic E-state index is 13.2. The van der Waals surface area contributed by atoms with E-state index in [1.165, 1.54) is 12.1 Å². The van der Waals surface area contributed by atoms with Crippen LogP contribution in [0.15, 0.2) is 18.2 Å². The molecule has 1 aliphatic rings. The zero-order valence-electron chi connectivity index (χ0n) is 10.5. The van der Waals surface area contributed by atoms with Crippen molar-refractivity contribution >= 4 is 0 Å². The SMILES string of the molecule is CCCNC1CC(CC)Oc2cc(F)ccc21. The highest BCUT2D eigenvalue weighted by molar-refractivity contribution is 5.38. The first-order valence-corrected chi connectivity index (χ1v) is 6.44. The Hall–Kier alpha value is -1.09. The van der Waals surface area contributed by atoms with Crippen LogP contribution >= 0.6 is 0 Å². The van der Waals surface area contributed by atoms with Crippen LogP contribution < -0.4 is 10.1 Å². The van der Waals surface area contributed by atoms with Gasteiger partial charge < -0.3 is 10.1 Å². The fraction of sp³-hybridized carbons (Fsp3) is 0.571. The second-order valence-electron chi connectivity index (χ2n) is 4.57. The third kappa shape index (κ3) is 2.78. The first-order chi connectivity index (χ1) is 8.24. The number of benzene rings is 1. The predicted molar refractivity (Wildman–Crippen MR) is 66.8 cm³/mol. The lowest BCUT2D eigenvalue weighted by Gasteiger charge is -2.32. The van der Waals surface area contributed by atoms with Gasteiger partial charge in [-0.2, -0.15) is 0 Å². The Kier molecular flexibility index (Phi) is 4.00. The normalized spacial score (nSPS) is 23.0. The number of rotatable bonds is 4. The van der Waals surface area contributed by atoms with E-state index in [0.717, 1.165) is 31.4 Å². The number of halogens is 1. The Bertz CT molecular complexity index is 380. The molecule has 1 aliphatic heterocycles. The van der Waals surface area contributed by atoms with Crippen LogP contribution in [0.1, 0.15) is 44.7 Å². The Morgan fingerprint density at radius 3 is 2.94 bits per heavy atom. The smallest absolute Gasteiger partial charge is 0.127 e. The van der Waals surface area contributed by atoms with E-state index in [4.69, 9.17) is 4.74 Å². The van der Waals surface area contributed by atoms with E-state index < -0.39 is 0 Å². The average Bonchev–Trinajstić information content (AvgIpc) is 2.34. The highest BCUT2D eigenvalue weighted by atomic mass is 19.1. The minimum Gasteiger partial charge on any atom is -0.490 e. The number of hydrogen-bond donors (Lipinski definition) is 1. The van der Waals surface area contributed by atoms with Gasteiger partial charge in [-0.3, -0.25) is 0 Å². The topological polar surface area (TPSA) is 21.3 Å². The molecule has 2 rings (SSSR count). The summed E-state index contributed by atoms with van der Waals surface area (Å²) in [6.07, 6.45) is 3.22. The predicted octanol–water partition coefficient (Wildman–Crippen LogP) is 3.43. The van der Waals surface area contributed by atoms with Crippen LogP contribution in [-0.2, 0) is 0 Å². The summed E-state index contributed by atoms with van der Waals surface area (Å²) < 4.78 is 19.0. The fourth-order valence-corrected chi connectivity index (χ4v) is 2.28. The van der Waals surface area contributed by atoms with Crippen molar-refractivity contribution in [1.82, 2.24) is 5.32 Å². The molecule has 17 heavy (non-hydrogen) atoms. The molecule has 0 bridgehead atoms. The molecule has 0 amide bonds. The van der Waals surface area contributed by atoms with Crippen LogP contribution in [0.25, 0.3) is 0 Å². The van der Waals surface area contributed by atoms with Crippen molar-refractivity contribution in [2.75, 3.05) is 6.54 Å². The number of fused-ring (bicyclic) bond motifs is 1. The lowest BCUT2D eigenvalue weighted by Crippen LogP contribution is -2.33. The van der Waals surface area contributed by atoms with E-state index in [1.54, 1.807) is 0 Å².